The van der Waals surface area contributed by atoms with Crippen molar-refractivity contribution in [3.05, 3.63) is 30.3 Å². The second-order valence-electron chi connectivity index (χ2n) is 4.41. The van der Waals surface area contributed by atoms with E-state index >= 15 is 0 Å². The minimum atomic E-state index is 0.795. The number of nitrogens with zero attached hydrogens (tertiary/aromatic N) is 1. The minimum absolute atomic E-state index is 0.795. The second-order valence-corrected chi connectivity index (χ2v) is 6.07. The zero-order valence-corrected chi connectivity index (χ0v) is 12.5. The highest BCUT2D eigenvalue weighted by Crippen LogP contribution is 2.13. The van der Waals surface area contributed by atoms with Gasteiger partial charge in [-0.3, -0.25) is 4.99 Å². The molecule has 0 atom stereocenters. The summed E-state index contributed by atoms with van der Waals surface area (Å²) in [7, 11) is 0. The fourth-order valence-electron chi connectivity index (χ4n) is 1.83. The van der Waals surface area contributed by atoms with E-state index in [1.807, 2.05) is 30.3 Å². The fourth-order valence-corrected chi connectivity index (χ4v) is 2.84. The summed E-state index contributed by atoms with van der Waals surface area (Å²) in [6, 6.07) is 10.1. The van der Waals surface area contributed by atoms with Crippen molar-refractivity contribution in [1.29, 1.82) is 0 Å². The number of rotatable bonds is 1. The molecule has 0 amide bonds. The van der Waals surface area contributed by atoms with Gasteiger partial charge in [0.15, 0.2) is 5.17 Å². The molecule has 3 nitrogen and oxygen atoms in total. The molecule has 102 valence electrons. The number of hydrogen-bond donors (Lipinski definition) is 2. The number of thioether (sulfide) groups is 1. The molecule has 0 spiro atoms. The fraction of sp³-hybridized carbons (Fsp3) is 0.429. The number of aliphatic imine (C=N–C) groups is 1. The summed E-state index contributed by atoms with van der Waals surface area (Å²) >= 11 is 6.83. The van der Waals surface area contributed by atoms with Crippen LogP contribution in [0.4, 0.5) is 5.69 Å². The van der Waals surface area contributed by atoms with Crippen LogP contribution in [0.25, 0.3) is 0 Å². The van der Waals surface area contributed by atoms with Crippen LogP contribution in [0.1, 0.15) is 25.7 Å². The molecule has 0 aromatic heterocycles. The first kappa shape index (κ1) is 14.3. The van der Waals surface area contributed by atoms with Crippen LogP contribution in [-0.2, 0) is 0 Å². The van der Waals surface area contributed by atoms with Crippen molar-refractivity contribution in [2.75, 3.05) is 18.4 Å². The van der Waals surface area contributed by atoms with E-state index in [0.717, 1.165) is 34.7 Å². The standard InChI is InChI=1S/C14H19N3S2/c18-14-16-11-7-2-1-6-10-15-13(19-14)17-12-8-4-3-5-9-12/h3-5,8-9H,1-2,6-7,10-11H2,(H,15,17)(H,16,18). The number of amidine groups is 1. The Balaban J connectivity index is 2.00. The van der Waals surface area contributed by atoms with E-state index in [1.54, 1.807) is 0 Å². The van der Waals surface area contributed by atoms with Gasteiger partial charge in [0.05, 0.1) is 0 Å². The molecular formula is C14H19N3S2. The van der Waals surface area contributed by atoms with Gasteiger partial charge in [0.2, 0.25) is 0 Å². The molecule has 0 aliphatic carbocycles. The number of benzene rings is 1. The van der Waals surface area contributed by atoms with Crippen molar-refractivity contribution in [3.63, 3.8) is 0 Å². The maximum Gasteiger partial charge on any atom is 0.168 e. The van der Waals surface area contributed by atoms with E-state index in [1.165, 1.54) is 31.0 Å². The average molecular weight is 293 g/mol. The highest BCUT2D eigenvalue weighted by molar-refractivity contribution is 8.33. The zero-order valence-electron chi connectivity index (χ0n) is 10.9. The predicted molar refractivity (Wildman–Crippen MR) is 89.0 cm³/mol. The summed E-state index contributed by atoms with van der Waals surface area (Å²) in [5, 5.41) is 7.48. The Hall–Kier alpha value is -1.07. The second kappa shape index (κ2) is 8.17. The molecule has 0 saturated carbocycles. The Morgan fingerprint density at radius 1 is 1.11 bits per heavy atom. The van der Waals surface area contributed by atoms with Gasteiger partial charge < -0.3 is 10.6 Å². The monoisotopic (exact) mass is 293 g/mol. The SMILES string of the molecule is S=C1NCCCCCCN=C(Nc2ccccc2)S1. The Kier molecular flexibility index (Phi) is 6.17. The van der Waals surface area contributed by atoms with Crippen LogP contribution < -0.4 is 10.6 Å². The number of anilines is 1. The minimum Gasteiger partial charge on any atom is -0.371 e. The molecule has 0 fully saturated rings. The highest BCUT2D eigenvalue weighted by Gasteiger charge is 2.06. The van der Waals surface area contributed by atoms with Gasteiger partial charge in [-0.1, -0.05) is 43.3 Å². The van der Waals surface area contributed by atoms with Crippen LogP contribution in [-0.4, -0.2) is 22.6 Å². The van der Waals surface area contributed by atoms with Crippen molar-refractivity contribution >= 4 is 39.2 Å². The Labute approximate surface area is 124 Å². The number of para-hydroxylation sites is 1. The van der Waals surface area contributed by atoms with Crippen LogP contribution in [0.5, 0.6) is 0 Å². The molecule has 5 heteroatoms. The lowest BCUT2D eigenvalue weighted by molar-refractivity contribution is 0.640. The first-order valence-electron chi connectivity index (χ1n) is 6.67. The van der Waals surface area contributed by atoms with Crippen molar-refractivity contribution in [2.24, 2.45) is 4.99 Å². The molecule has 19 heavy (non-hydrogen) atoms. The molecule has 1 heterocycles. The van der Waals surface area contributed by atoms with Gasteiger partial charge in [0.25, 0.3) is 0 Å². The van der Waals surface area contributed by atoms with Crippen LogP contribution in [0.15, 0.2) is 35.3 Å². The van der Waals surface area contributed by atoms with E-state index in [-0.39, 0.29) is 0 Å². The first-order valence-corrected chi connectivity index (χ1v) is 7.89. The summed E-state index contributed by atoms with van der Waals surface area (Å²) in [5.41, 5.74) is 1.05. The molecule has 0 radical (unpaired) electrons. The third kappa shape index (κ3) is 5.61. The Morgan fingerprint density at radius 2 is 1.89 bits per heavy atom. The van der Waals surface area contributed by atoms with E-state index < -0.39 is 0 Å². The zero-order chi connectivity index (χ0) is 13.3. The van der Waals surface area contributed by atoms with Gasteiger partial charge in [-0.25, -0.2) is 0 Å². The van der Waals surface area contributed by atoms with Crippen molar-refractivity contribution in [3.8, 4) is 0 Å². The maximum absolute atomic E-state index is 5.33. The molecule has 1 aliphatic rings. The van der Waals surface area contributed by atoms with Gasteiger partial charge in [0.1, 0.15) is 4.32 Å². The molecule has 0 bridgehead atoms. The Morgan fingerprint density at radius 3 is 2.74 bits per heavy atom. The first-order chi connectivity index (χ1) is 9.34. The van der Waals surface area contributed by atoms with Gasteiger partial charge in [0, 0.05) is 18.8 Å². The summed E-state index contributed by atoms with van der Waals surface area (Å²) in [4.78, 5) is 4.61. The lowest BCUT2D eigenvalue weighted by atomic mass is 10.2. The molecule has 1 aromatic rings. The largest absolute Gasteiger partial charge is 0.371 e. The molecule has 0 saturated heterocycles. The summed E-state index contributed by atoms with van der Waals surface area (Å²) in [5.74, 6) is 0. The van der Waals surface area contributed by atoms with Gasteiger partial charge in [-0.15, -0.1) is 0 Å². The molecule has 2 N–H and O–H groups in total. The third-order valence-corrected chi connectivity index (χ3v) is 3.97. The van der Waals surface area contributed by atoms with E-state index in [2.05, 4.69) is 15.6 Å². The van der Waals surface area contributed by atoms with Gasteiger partial charge in [-0.2, -0.15) is 0 Å². The lowest BCUT2D eigenvalue weighted by Crippen LogP contribution is -2.22. The number of thiocarbonyl (C=S) groups is 1. The average Bonchev–Trinajstić information content (AvgIpc) is 2.46. The van der Waals surface area contributed by atoms with Crippen LogP contribution in [0.2, 0.25) is 0 Å². The van der Waals surface area contributed by atoms with E-state index in [0.29, 0.717) is 0 Å². The van der Waals surface area contributed by atoms with Crippen LogP contribution in [0, 0.1) is 0 Å². The van der Waals surface area contributed by atoms with Crippen LogP contribution >= 0.6 is 24.0 Å². The Bertz CT molecular complexity index is 432. The summed E-state index contributed by atoms with van der Waals surface area (Å²) in [6.07, 6.45) is 4.81. The maximum atomic E-state index is 5.33. The highest BCUT2D eigenvalue weighted by atomic mass is 32.2. The lowest BCUT2D eigenvalue weighted by Gasteiger charge is -2.10. The summed E-state index contributed by atoms with van der Waals surface area (Å²) in [6.45, 7) is 1.83. The normalized spacial score (nSPS) is 17.9. The van der Waals surface area contributed by atoms with Gasteiger partial charge >= 0.3 is 0 Å². The third-order valence-electron chi connectivity index (χ3n) is 2.82. The smallest absolute Gasteiger partial charge is 0.168 e. The molecular weight excluding hydrogens is 274 g/mol. The van der Waals surface area contributed by atoms with Crippen molar-refractivity contribution < 1.29 is 0 Å². The van der Waals surface area contributed by atoms with Crippen molar-refractivity contribution in [2.45, 2.75) is 25.7 Å². The summed E-state index contributed by atoms with van der Waals surface area (Å²) < 4.78 is 0.795. The predicted octanol–water partition coefficient (Wildman–Crippen LogP) is 3.64. The molecule has 1 aliphatic heterocycles. The van der Waals surface area contributed by atoms with Gasteiger partial charge in [-0.05, 0) is 36.7 Å². The molecule has 0 unspecified atom stereocenters. The topological polar surface area (TPSA) is 36.4 Å². The molecule has 2 rings (SSSR count). The quantitative estimate of drug-likeness (QED) is 0.775. The van der Waals surface area contributed by atoms with Crippen LogP contribution in [0.3, 0.4) is 0 Å². The van der Waals surface area contributed by atoms with E-state index in [9.17, 15) is 0 Å². The van der Waals surface area contributed by atoms with E-state index in [4.69, 9.17) is 12.2 Å². The number of hydrogen-bond acceptors (Lipinski definition) is 4. The molecule has 1 aromatic carbocycles. The van der Waals surface area contributed by atoms with Crippen molar-refractivity contribution in [1.82, 2.24) is 5.32 Å². The number of nitrogens with one attached hydrogen (secondary N) is 2.